The van der Waals surface area contributed by atoms with Gasteiger partial charge in [0.15, 0.2) is 8.07 Å². The van der Waals surface area contributed by atoms with Gasteiger partial charge in [0.2, 0.25) is 0 Å². The Balaban J connectivity index is 1.45. The van der Waals surface area contributed by atoms with Crippen LogP contribution in [-0.2, 0) is 10.8 Å². The van der Waals surface area contributed by atoms with E-state index in [4.69, 9.17) is 18.1 Å². The molecule has 1 aliphatic rings. The molecule has 0 bridgehead atoms. The van der Waals surface area contributed by atoms with Crippen LogP contribution in [-0.4, -0.2) is 12.6 Å². The number of furan rings is 1. The minimum absolute atomic E-state index is 0.127. The highest BCUT2D eigenvalue weighted by Crippen LogP contribution is 2.45. The molecule has 2 aromatic heterocycles. The van der Waals surface area contributed by atoms with Crippen LogP contribution in [0.3, 0.4) is 0 Å². The van der Waals surface area contributed by atoms with Crippen molar-refractivity contribution in [3.8, 4) is 16.8 Å². The third-order valence-corrected chi connectivity index (χ3v) is 15.8. The van der Waals surface area contributed by atoms with E-state index < -0.39 is 264 Å². The van der Waals surface area contributed by atoms with Crippen molar-refractivity contribution in [3.63, 3.8) is 0 Å². The number of benzene rings is 8. The monoisotopic (exact) mass is 806 g/mol. The van der Waals surface area contributed by atoms with E-state index in [2.05, 4.69) is 0 Å². The van der Waals surface area contributed by atoms with Crippen LogP contribution in [0.1, 0.15) is 90.0 Å². The normalized spacial score (nSPS) is 21.6. The largest absolute Gasteiger partial charge is 0.455 e. The Morgan fingerprint density at radius 3 is 1.88 bits per heavy atom. The van der Waals surface area contributed by atoms with Gasteiger partial charge in [0.05, 0.1) is 49.4 Å². The van der Waals surface area contributed by atoms with Gasteiger partial charge < -0.3 is 8.98 Å². The molecule has 11 rings (SSSR count). The highest BCUT2D eigenvalue weighted by atomic mass is 28.3. The van der Waals surface area contributed by atoms with E-state index in [-0.39, 0.29) is 5.19 Å². The van der Waals surface area contributed by atoms with Crippen molar-refractivity contribution in [1.29, 1.82) is 0 Å². The van der Waals surface area contributed by atoms with Gasteiger partial charge >= 0.3 is 0 Å². The molecular formula is C56H47NOSi. The lowest BCUT2D eigenvalue weighted by Crippen LogP contribution is -2.75. The summed E-state index contributed by atoms with van der Waals surface area (Å²) in [7, 11) is -5.85. The van der Waals surface area contributed by atoms with Crippen LogP contribution < -0.4 is 20.7 Å². The highest BCUT2D eigenvalue weighted by Gasteiger charge is 2.44. The van der Waals surface area contributed by atoms with E-state index in [1.165, 1.54) is 6.07 Å². The zero-order valence-electron chi connectivity index (χ0n) is 60.0. The number of hydrogen-bond donors (Lipinski definition) is 0. The van der Waals surface area contributed by atoms with Gasteiger partial charge in [-0.3, -0.25) is 0 Å². The maximum atomic E-state index is 10.8. The summed E-state index contributed by atoms with van der Waals surface area (Å²) in [5.74, 6) is 0. The molecule has 0 unspecified atom stereocenters. The first-order chi connectivity index (χ1) is 40.4. The Hall–Kier alpha value is -6.42. The molecule has 0 saturated heterocycles. The van der Waals surface area contributed by atoms with E-state index in [0.29, 0.717) is 18.4 Å². The summed E-state index contributed by atoms with van der Waals surface area (Å²) in [6.07, 6.45) is 1.20. The molecule has 0 atom stereocenters. The van der Waals surface area contributed by atoms with Gasteiger partial charge in [0, 0.05) is 32.8 Å². The molecule has 0 fully saturated rings. The van der Waals surface area contributed by atoms with Crippen LogP contribution in [0, 0.1) is 0 Å². The second-order valence-electron chi connectivity index (χ2n) is 15.8. The molecule has 1 aliphatic carbocycles. The molecule has 0 spiro atoms. The predicted molar refractivity (Wildman–Crippen MR) is 252 cm³/mol. The van der Waals surface area contributed by atoms with Crippen LogP contribution in [0.2, 0.25) is 0 Å². The topological polar surface area (TPSA) is 18.1 Å². The first-order valence-corrected chi connectivity index (χ1v) is 20.8. The molecule has 2 heterocycles. The quantitative estimate of drug-likeness (QED) is 0.121. The van der Waals surface area contributed by atoms with Gasteiger partial charge in [-0.1, -0.05) is 185 Å². The zero-order chi connectivity index (χ0) is 64.3. The molecule has 59 heavy (non-hydrogen) atoms. The summed E-state index contributed by atoms with van der Waals surface area (Å²) >= 11 is 0. The van der Waals surface area contributed by atoms with Crippen molar-refractivity contribution in [2.45, 2.75) is 51.4 Å². The van der Waals surface area contributed by atoms with E-state index >= 15 is 0 Å². The van der Waals surface area contributed by atoms with Gasteiger partial charge in [0.1, 0.15) is 11.2 Å². The molecule has 0 amide bonds. The van der Waals surface area contributed by atoms with Crippen LogP contribution in [0.15, 0.2) is 192 Å². The summed E-state index contributed by atoms with van der Waals surface area (Å²) < 4.78 is 269. The average molecular weight is 806 g/mol. The maximum absolute atomic E-state index is 10.8. The van der Waals surface area contributed by atoms with Crippen LogP contribution in [0.4, 0.5) is 0 Å². The molecule has 10 aromatic rings. The molecule has 2 nitrogen and oxygen atoms in total. The second kappa shape index (κ2) is 13.3. The van der Waals surface area contributed by atoms with Crippen LogP contribution >= 0.6 is 0 Å². The standard InChI is InChI=1S/C56H47NOSi/c1-55(2)33-34-56(3,4)50-37-43(30-32-49(50)55)59(40-18-7-5-8-19-40,41-20-9-6-10-21-41)42-22-15-17-39(36-42)57-51-27-13-11-23-45(51)46-31-29-38(35-52(46)57)44-25-16-26-48-47-24-12-14-28-53(47)58-54(44)48/h5-32,35-37H,33-34H2,1-4H3/i5D,6D,7D,8D,9D,10D,11D,12D,13D,14D,15D,16D,17D,18D,19D,20D,21D,22D,23D,24D,25D,26D,27D,28D,29D,31D,35D,36D. The number of hydrogen-bond acceptors (Lipinski definition) is 1. The minimum atomic E-state index is -5.85. The summed E-state index contributed by atoms with van der Waals surface area (Å²) in [4.78, 5) is 0. The van der Waals surface area contributed by atoms with Crippen molar-refractivity contribution in [2.24, 2.45) is 0 Å². The first-order valence-electron chi connectivity index (χ1n) is 32.8. The van der Waals surface area contributed by atoms with Gasteiger partial charge in [-0.25, -0.2) is 0 Å². The fraction of sp³-hybridized carbons (Fsp3) is 0.143. The van der Waals surface area contributed by atoms with Crippen molar-refractivity contribution in [3.05, 3.63) is 199 Å². The molecule has 8 aromatic carbocycles. The van der Waals surface area contributed by atoms with E-state index in [1.54, 1.807) is 12.1 Å². The zero-order valence-corrected chi connectivity index (χ0v) is 33.0. The van der Waals surface area contributed by atoms with Crippen LogP contribution in [0.25, 0.3) is 60.6 Å². The van der Waals surface area contributed by atoms with Crippen molar-refractivity contribution < 1.29 is 42.8 Å². The third-order valence-electron chi connectivity index (χ3n) is 11.6. The fourth-order valence-corrected chi connectivity index (χ4v) is 12.4. The molecule has 0 saturated carbocycles. The predicted octanol–water partition coefficient (Wildman–Crippen LogP) is 12.1. The lowest BCUT2D eigenvalue weighted by molar-refractivity contribution is 0.332. The maximum Gasteiger partial charge on any atom is 0.179 e. The van der Waals surface area contributed by atoms with Gasteiger partial charge in [-0.15, -0.1) is 0 Å². The number of para-hydroxylation sites is 3. The Kier molecular flexibility index (Phi) is 3.84. The second-order valence-corrected chi connectivity index (χ2v) is 19.4. The summed E-state index contributed by atoms with van der Waals surface area (Å²) in [5.41, 5.74) is -5.07. The van der Waals surface area contributed by atoms with E-state index in [9.17, 15) is 24.7 Å². The minimum Gasteiger partial charge on any atom is -0.455 e. The van der Waals surface area contributed by atoms with Crippen molar-refractivity contribution in [1.82, 2.24) is 4.57 Å². The first kappa shape index (κ1) is 17.0. The van der Waals surface area contributed by atoms with Gasteiger partial charge in [-0.05, 0) is 91.3 Å². The Morgan fingerprint density at radius 1 is 0.508 bits per heavy atom. The average Bonchev–Trinajstić information content (AvgIpc) is 1.66. The van der Waals surface area contributed by atoms with E-state index in [1.807, 2.05) is 27.7 Å². The molecule has 3 heteroatoms. The lowest BCUT2D eigenvalue weighted by atomic mass is 9.63. The fourth-order valence-electron chi connectivity index (χ4n) is 8.50. The Labute approximate surface area is 386 Å². The molecule has 0 N–H and O–H groups in total. The highest BCUT2D eigenvalue weighted by molar-refractivity contribution is 7.19. The third kappa shape index (κ3) is 5.45. The Morgan fingerprint density at radius 2 is 1.12 bits per heavy atom. The number of nitrogens with zero attached hydrogens (tertiary/aromatic N) is 1. The number of aromatic nitrogens is 1. The smallest absolute Gasteiger partial charge is 0.179 e. The van der Waals surface area contributed by atoms with Gasteiger partial charge in [-0.2, -0.15) is 0 Å². The van der Waals surface area contributed by atoms with Crippen LogP contribution in [0.5, 0.6) is 0 Å². The summed E-state index contributed by atoms with van der Waals surface area (Å²) in [6.45, 7) is 7.79. The molecular weight excluding hydrogens is 731 g/mol. The Bertz CT molecular complexity index is 4740. The lowest BCUT2D eigenvalue weighted by Gasteiger charge is -2.43. The number of rotatable bonds is 6. The van der Waals surface area contributed by atoms with Crippen molar-refractivity contribution >= 4 is 72.6 Å². The molecule has 0 radical (unpaired) electrons. The van der Waals surface area contributed by atoms with E-state index in [0.717, 1.165) is 10.1 Å². The molecule has 286 valence electrons. The summed E-state index contributed by atoms with van der Waals surface area (Å²) in [5, 5.41) is -4.60. The molecule has 0 aliphatic heterocycles. The SMILES string of the molecule is [2H]c1c([2H])c([2H])c([Si](c2ccc3c(c2)C(C)(C)CCC3(C)C)(c2c([2H])c([2H])c([2H])c([2H])c2[2H])c2c([2H])c([2H])c([2H])c(-n3c4c([2H])c([2H])c([2H])c([2H])c4c4c([2H])c([2H])c(-c5c([2H])c([2H])c([2H])c6c5oc5c([2H])c([2H])c([2H])c([2H])c56)c([2H])c43)c2[2H])c([2H])c1[2H]. The van der Waals surface area contributed by atoms with Gasteiger partial charge in [0.25, 0.3) is 0 Å². The summed E-state index contributed by atoms with van der Waals surface area (Å²) in [6, 6.07) is -21.9. The van der Waals surface area contributed by atoms with Crippen molar-refractivity contribution in [2.75, 3.05) is 0 Å². The number of fused-ring (bicyclic) bond motifs is 7.